The Morgan fingerprint density at radius 2 is 2.14 bits per heavy atom. The van der Waals surface area contributed by atoms with Gasteiger partial charge in [0.05, 0.1) is 11.5 Å². The highest BCUT2D eigenvalue weighted by Gasteiger charge is 2.19. The van der Waals surface area contributed by atoms with Gasteiger partial charge in [0.2, 0.25) is 0 Å². The van der Waals surface area contributed by atoms with Crippen LogP contribution in [0, 0.1) is 17.0 Å². The Labute approximate surface area is 122 Å². The van der Waals surface area contributed by atoms with E-state index >= 15 is 0 Å². The van der Waals surface area contributed by atoms with Gasteiger partial charge in [-0.3, -0.25) is 19.8 Å². The van der Waals surface area contributed by atoms with E-state index in [0.29, 0.717) is 24.6 Å². The van der Waals surface area contributed by atoms with E-state index in [-0.39, 0.29) is 12.2 Å². The van der Waals surface area contributed by atoms with Crippen molar-refractivity contribution in [2.24, 2.45) is 0 Å². The molecule has 21 heavy (non-hydrogen) atoms. The standard InChI is InChI=1S/C13H18N4O4/c1-10-11(17(20)21)3-4-12(14-10)16-6-2-5-15(7-8-16)9-13(18)19/h3-4H,2,5-9H2,1H3,(H,18,19). The minimum absolute atomic E-state index is 0.0149. The van der Waals surface area contributed by atoms with Crippen LogP contribution < -0.4 is 4.90 Å². The molecule has 0 spiro atoms. The minimum Gasteiger partial charge on any atom is -0.480 e. The average molecular weight is 294 g/mol. The molecule has 2 rings (SSSR count). The summed E-state index contributed by atoms with van der Waals surface area (Å²) in [4.78, 5) is 29.3. The average Bonchev–Trinajstić information content (AvgIpc) is 2.63. The molecule has 2 heterocycles. The maximum Gasteiger partial charge on any atom is 0.317 e. The molecule has 1 aromatic heterocycles. The molecule has 1 saturated heterocycles. The van der Waals surface area contributed by atoms with Gasteiger partial charge in [0.1, 0.15) is 11.5 Å². The zero-order valence-electron chi connectivity index (χ0n) is 11.9. The number of aliphatic carboxylic acids is 1. The maximum atomic E-state index is 10.8. The third kappa shape index (κ3) is 3.88. The van der Waals surface area contributed by atoms with Crippen LogP contribution >= 0.6 is 0 Å². The molecule has 1 fully saturated rings. The van der Waals surface area contributed by atoms with Crippen LogP contribution in [0.15, 0.2) is 12.1 Å². The van der Waals surface area contributed by atoms with Crippen LogP contribution in [-0.2, 0) is 4.79 Å². The lowest BCUT2D eigenvalue weighted by Crippen LogP contribution is -2.34. The van der Waals surface area contributed by atoms with Crippen LogP contribution in [0.4, 0.5) is 11.5 Å². The van der Waals surface area contributed by atoms with Crippen molar-refractivity contribution in [2.75, 3.05) is 37.6 Å². The maximum absolute atomic E-state index is 10.8. The SMILES string of the molecule is Cc1nc(N2CCCN(CC(=O)O)CC2)ccc1[N+](=O)[O-]. The van der Waals surface area contributed by atoms with E-state index < -0.39 is 10.9 Å². The molecule has 1 N–H and O–H groups in total. The molecule has 0 unspecified atom stereocenters. The summed E-state index contributed by atoms with van der Waals surface area (Å²) in [6, 6.07) is 3.12. The summed E-state index contributed by atoms with van der Waals surface area (Å²) in [6.07, 6.45) is 0.838. The lowest BCUT2D eigenvalue weighted by atomic mass is 10.3. The molecule has 114 valence electrons. The molecule has 0 aromatic carbocycles. The van der Waals surface area contributed by atoms with Gasteiger partial charge >= 0.3 is 5.97 Å². The van der Waals surface area contributed by atoms with Crippen LogP contribution in [-0.4, -0.2) is 58.6 Å². The second-order valence-electron chi connectivity index (χ2n) is 5.04. The monoisotopic (exact) mass is 294 g/mol. The van der Waals surface area contributed by atoms with Gasteiger partial charge in [-0.2, -0.15) is 0 Å². The number of nitro groups is 1. The number of aryl methyl sites for hydroxylation is 1. The quantitative estimate of drug-likeness (QED) is 0.650. The predicted molar refractivity (Wildman–Crippen MR) is 76.5 cm³/mol. The number of nitrogens with zero attached hydrogens (tertiary/aromatic N) is 4. The van der Waals surface area contributed by atoms with E-state index in [9.17, 15) is 14.9 Å². The number of hydrogen-bond acceptors (Lipinski definition) is 6. The second kappa shape index (κ2) is 6.49. The van der Waals surface area contributed by atoms with Crippen LogP contribution in [0.5, 0.6) is 0 Å². The Kier molecular flexibility index (Phi) is 4.69. The number of carboxylic acid groups (broad SMARTS) is 1. The Morgan fingerprint density at radius 1 is 1.38 bits per heavy atom. The molecule has 1 aromatic rings. The van der Waals surface area contributed by atoms with Crippen molar-refractivity contribution in [3.05, 3.63) is 27.9 Å². The van der Waals surface area contributed by atoms with Crippen molar-refractivity contribution >= 4 is 17.5 Å². The highest BCUT2D eigenvalue weighted by molar-refractivity contribution is 5.69. The Balaban J connectivity index is 2.07. The first kappa shape index (κ1) is 15.2. The van der Waals surface area contributed by atoms with E-state index in [2.05, 4.69) is 4.98 Å². The third-order valence-electron chi connectivity index (χ3n) is 3.51. The minimum atomic E-state index is -0.826. The summed E-state index contributed by atoms with van der Waals surface area (Å²) in [5.41, 5.74) is 0.408. The number of anilines is 1. The van der Waals surface area contributed by atoms with Crippen molar-refractivity contribution in [1.29, 1.82) is 0 Å². The summed E-state index contributed by atoms with van der Waals surface area (Å²) in [7, 11) is 0. The van der Waals surface area contributed by atoms with Crippen molar-refractivity contribution in [3.63, 3.8) is 0 Å². The van der Waals surface area contributed by atoms with E-state index in [1.165, 1.54) is 6.07 Å². The lowest BCUT2D eigenvalue weighted by molar-refractivity contribution is -0.385. The fourth-order valence-corrected chi connectivity index (χ4v) is 2.46. The fraction of sp³-hybridized carbons (Fsp3) is 0.538. The van der Waals surface area contributed by atoms with Gasteiger partial charge in [-0.1, -0.05) is 0 Å². The first-order valence-corrected chi connectivity index (χ1v) is 6.78. The van der Waals surface area contributed by atoms with Crippen LogP contribution in [0.1, 0.15) is 12.1 Å². The number of rotatable bonds is 4. The predicted octanol–water partition coefficient (Wildman–Crippen LogP) is 0.895. The number of carboxylic acids is 1. The normalized spacial score (nSPS) is 16.5. The van der Waals surface area contributed by atoms with E-state index in [1.807, 2.05) is 9.80 Å². The Bertz CT molecular complexity index is 549. The van der Waals surface area contributed by atoms with Crippen LogP contribution in [0.2, 0.25) is 0 Å². The molecule has 8 nitrogen and oxygen atoms in total. The zero-order chi connectivity index (χ0) is 15.4. The molecule has 0 atom stereocenters. The Morgan fingerprint density at radius 3 is 2.76 bits per heavy atom. The highest BCUT2D eigenvalue weighted by Crippen LogP contribution is 2.21. The van der Waals surface area contributed by atoms with Gasteiger partial charge in [-0.25, -0.2) is 4.98 Å². The van der Waals surface area contributed by atoms with E-state index in [1.54, 1.807) is 13.0 Å². The second-order valence-corrected chi connectivity index (χ2v) is 5.04. The first-order valence-electron chi connectivity index (χ1n) is 6.78. The Hall–Kier alpha value is -2.22. The third-order valence-corrected chi connectivity index (χ3v) is 3.51. The van der Waals surface area contributed by atoms with Gasteiger partial charge in [0.15, 0.2) is 0 Å². The van der Waals surface area contributed by atoms with Crippen molar-refractivity contribution in [2.45, 2.75) is 13.3 Å². The van der Waals surface area contributed by atoms with Crippen molar-refractivity contribution < 1.29 is 14.8 Å². The molecule has 0 radical (unpaired) electrons. The fourth-order valence-electron chi connectivity index (χ4n) is 2.46. The first-order chi connectivity index (χ1) is 9.97. The summed E-state index contributed by atoms with van der Waals surface area (Å²) >= 11 is 0. The molecule has 0 amide bonds. The lowest BCUT2D eigenvalue weighted by Gasteiger charge is -2.22. The van der Waals surface area contributed by atoms with Crippen molar-refractivity contribution in [3.8, 4) is 0 Å². The van der Waals surface area contributed by atoms with Crippen LogP contribution in [0.3, 0.4) is 0 Å². The number of aromatic nitrogens is 1. The topological polar surface area (TPSA) is 99.8 Å². The van der Waals surface area contributed by atoms with E-state index in [0.717, 1.165) is 19.5 Å². The summed E-state index contributed by atoms with van der Waals surface area (Å²) in [6.45, 7) is 4.47. The van der Waals surface area contributed by atoms with E-state index in [4.69, 9.17) is 5.11 Å². The summed E-state index contributed by atoms with van der Waals surface area (Å²) in [5, 5.41) is 19.6. The van der Waals surface area contributed by atoms with Crippen LogP contribution in [0.25, 0.3) is 0 Å². The number of pyridine rings is 1. The molecule has 0 aliphatic carbocycles. The van der Waals surface area contributed by atoms with Gasteiger partial charge in [-0.15, -0.1) is 0 Å². The molecule has 8 heteroatoms. The zero-order valence-corrected chi connectivity index (χ0v) is 11.9. The smallest absolute Gasteiger partial charge is 0.317 e. The molecule has 1 aliphatic rings. The highest BCUT2D eigenvalue weighted by atomic mass is 16.6. The molecule has 0 saturated carbocycles. The van der Waals surface area contributed by atoms with Gasteiger partial charge < -0.3 is 10.0 Å². The molecule has 1 aliphatic heterocycles. The molecular formula is C13H18N4O4. The molecular weight excluding hydrogens is 276 g/mol. The number of hydrogen-bond donors (Lipinski definition) is 1. The van der Waals surface area contributed by atoms with Gasteiger partial charge in [0.25, 0.3) is 5.69 Å². The largest absolute Gasteiger partial charge is 0.480 e. The number of carbonyl (C=O) groups is 1. The van der Waals surface area contributed by atoms with Gasteiger partial charge in [0, 0.05) is 32.2 Å². The van der Waals surface area contributed by atoms with Crippen molar-refractivity contribution in [1.82, 2.24) is 9.88 Å². The molecule has 0 bridgehead atoms. The van der Waals surface area contributed by atoms with Gasteiger partial charge in [-0.05, 0) is 19.4 Å². The summed E-state index contributed by atoms with van der Waals surface area (Å²) in [5.74, 6) is -0.122. The summed E-state index contributed by atoms with van der Waals surface area (Å²) < 4.78 is 0.